The second kappa shape index (κ2) is 5.36. The lowest BCUT2D eigenvalue weighted by Gasteiger charge is -2.37. The van der Waals surface area contributed by atoms with E-state index in [1.807, 2.05) is 66.8 Å². The quantitative estimate of drug-likeness (QED) is 0.825. The molecule has 2 heteroatoms. The highest BCUT2D eigenvalue weighted by Crippen LogP contribution is 2.47. The Bertz CT molecular complexity index is 646. The summed E-state index contributed by atoms with van der Waals surface area (Å²) in [6.07, 6.45) is 5.85. The fraction of sp³-hybridized carbons (Fsp3) is 0.111. The summed E-state index contributed by atoms with van der Waals surface area (Å²) in [7, 11) is 2.76. The van der Waals surface area contributed by atoms with E-state index in [9.17, 15) is 5.11 Å². The summed E-state index contributed by atoms with van der Waals surface area (Å²) in [4.78, 5) is 0. The van der Waals surface area contributed by atoms with Crippen molar-refractivity contribution in [3.63, 3.8) is 0 Å². The molecule has 0 bridgehead atoms. The lowest BCUT2D eigenvalue weighted by atomic mass is 9.75. The van der Waals surface area contributed by atoms with Crippen LogP contribution in [0.3, 0.4) is 0 Å². The third-order valence-electron chi connectivity index (χ3n) is 3.78. The first-order valence-electron chi connectivity index (χ1n) is 6.69. The molecule has 1 N–H and O–H groups in total. The molecule has 1 nitrogen and oxygen atoms in total. The molecule has 100 valence electrons. The minimum absolute atomic E-state index is 0.0823. The van der Waals surface area contributed by atoms with Gasteiger partial charge in [0.1, 0.15) is 5.60 Å². The normalized spacial score (nSPS) is 25.3. The zero-order chi connectivity index (χ0) is 14.0. The largest absolute Gasteiger partial charge is 0.380 e. The van der Waals surface area contributed by atoms with E-state index in [1.54, 1.807) is 0 Å². The third kappa shape index (κ3) is 2.24. The average Bonchev–Trinajstić information content (AvgIpc) is 2.49. The van der Waals surface area contributed by atoms with E-state index in [4.69, 9.17) is 0 Å². The Labute approximate surface area is 121 Å². The van der Waals surface area contributed by atoms with E-state index < -0.39 is 5.60 Å². The molecule has 0 aliphatic heterocycles. The molecule has 0 spiro atoms. The summed E-state index contributed by atoms with van der Waals surface area (Å²) in [6, 6.07) is 20.0. The Kier molecular flexibility index (Phi) is 3.56. The highest BCUT2D eigenvalue weighted by molar-refractivity contribution is 7.22. The molecule has 1 aliphatic rings. The molecule has 0 saturated carbocycles. The molecule has 0 fully saturated rings. The first-order chi connectivity index (χ1) is 9.72. The molecule has 3 rings (SSSR count). The highest BCUT2D eigenvalue weighted by Gasteiger charge is 2.39. The van der Waals surface area contributed by atoms with Crippen LogP contribution in [0.15, 0.2) is 84.2 Å². The predicted molar refractivity (Wildman–Crippen MR) is 86.5 cm³/mol. The molecule has 0 saturated heterocycles. The zero-order valence-electron chi connectivity index (χ0n) is 11.1. The zero-order valence-corrected chi connectivity index (χ0v) is 12.3. The van der Waals surface area contributed by atoms with Crippen LogP contribution in [0.5, 0.6) is 0 Å². The van der Waals surface area contributed by atoms with Gasteiger partial charge in [0.15, 0.2) is 0 Å². The number of hydrogen-bond acceptors (Lipinski definition) is 1. The maximum Gasteiger partial charge on any atom is 0.119 e. The lowest BCUT2D eigenvalue weighted by molar-refractivity contribution is 0.0708. The highest BCUT2D eigenvalue weighted by atomic mass is 31.0. The van der Waals surface area contributed by atoms with E-state index in [0.717, 1.165) is 16.4 Å². The Balaban J connectivity index is 2.14. The molecular formula is C18H17OP. The third-order valence-corrected chi connectivity index (χ3v) is 4.31. The fourth-order valence-electron chi connectivity index (χ4n) is 2.81. The van der Waals surface area contributed by atoms with Crippen LogP contribution < -0.4 is 0 Å². The van der Waals surface area contributed by atoms with E-state index in [0.29, 0.717) is 0 Å². The van der Waals surface area contributed by atoms with Crippen LogP contribution >= 0.6 is 9.24 Å². The van der Waals surface area contributed by atoms with Gasteiger partial charge in [-0.05, 0) is 22.5 Å². The predicted octanol–water partition coefficient (Wildman–Crippen LogP) is 3.99. The van der Waals surface area contributed by atoms with Crippen molar-refractivity contribution in [3.05, 3.63) is 95.3 Å². The van der Waals surface area contributed by atoms with Crippen molar-refractivity contribution in [1.82, 2.24) is 0 Å². The Morgan fingerprint density at radius 2 is 1.50 bits per heavy atom. The number of hydrogen-bond donors (Lipinski definition) is 1. The average molecular weight is 280 g/mol. The van der Waals surface area contributed by atoms with Crippen molar-refractivity contribution in [2.75, 3.05) is 0 Å². The van der Waals surface area contributed by atoms with Gasteiger partial charge in [-0.1, -0.05) is 72.8 Å². The van der Waals surface area contributed by atoms with Gasteiger partial charge in [-0.2, -0.15) is 0 Å². The van der Waals surface area contributed by atoms with Crippen molar-refractivity contribution in [2.45, 2.75) is 11.5 Å². The SMILES string of the molecule is OC1(c2ccccc2)C=CC=C(P)C1c1ccccc1. The van der Waals surface area contributed by atoms with Crippen LogP contribution in [-0.2, 0) is 5.60 Å². The van der Waals surface area contributed by atoms with Gasteiger partial charge < -0.3 is 5.11 Å². The summed E-state index contributed by atoms with van der Waals surface area (Å²) < 4.78 is 0. The van der Waals surface area contributed by atoms with Gasteiger partial charge in [0, 0.05) is 5.92 Å². The monoisotopic (exact) mass is 280 g/mol. The minimum Gasteiger partial charge on any atom is -0.380 e. The number of allylic oxidation sites excluding steroid dienone is 2. The molecule has 20 heavy (non-hydrogen) atoms. The minimum atomic E-state index is -1.01. The van der Waals surface area contributed by atoms with Gasteiger partial charge in [-0.25, -0.2) is 0 Å². The summed E-state index contributed by atoms with van der Waals surface area (Å²) in [5.74, 6) is -0.0823. The summed E-state index contributed by atoms with van der Waals surface area (Å²) >= 11 is 0. The van der Waals surface area contributed by atoms with Gasteiger partial charge >= 0.3 is 0 Å². The first kappa shape index (κ1) is 13.3. The second-order valence-electron chi connectivity index (χ2n) is 5.06. The van der Waals surface area contributed by atoms with E-state index >= 15 is 0 Å². The van der Waals surface area contributed by atoms with Crippen molar-refractivity contribution in [1.29, 1.82) is 0 Å². The van der Waals surface area contributed by atoms with E-state index in [1.165, 1.54) is 0 Å². The summed E-state index contributed by atoms with van der Waals surface area (Å²) in [5.41, 5.74) is 1.02. The molecule has 2 aromatic rings. The number of aliphatic hydroxyl groups is 1. The van der Waals surface area contributed by atoms with Crippen LogP contribution in [0.4, 0.5) is 0 Å². The molecule has 0 heterocycles. The maximum atomic E-state index is 11.3. The van der Waals surface area contributed by atoms with Crippen LogP contribution in [0.2, 0.25) is 0 Å². The number of benzene rings is 2. The first-order valence-corrected chi connectivity index (χ1v) is 7.27. The molecule has 0 amide bonds. The standard InChI is InChI=1S/C18H17OP/c19-18(15-10-5-2-6-11-15)13-7-12-16(20)17(18)14-8-3-1-4-9-14/h1-13,17,19H,20H2. The maximum absolute atomic E-state index is 11.3. The van der Waals surface area contributed by atoms with Crippen molar-refractivity contribution < 1.29 is 5.11 Å². The topological polar surface area (TPSA) is 20.2 Å². The van der Waals surface area contributed by atoms with Gasteiger partial charge in [0.05, 0.1) is 0 Å². The van der Waals surface area contributed by atoms with Crippen molar-refractivity contribution >= 4 is 9.24 Å². The molecule has 3 unspecified atom stereocenters. The molecule has 0 aromatic heterocycles. The second-order valence-corrected chi connectivity index (χ2v) is 5.73. The number of rotatable bonds is 2. The fourth-order valence-corrected chi connectivity index (χ4v) is 3.37. The Hall–Kier alpha value is -1.69. The molecule has 0 radical (unpaired) electrons. The van der Waals surface area contributed by atoms with E-state index in [2.05, 4.69) is 21.4 Å². The van der Waals surface area contributed by atoms with E-state index in [-0.39, 0.29) is 5.92 Å². The van der Waals surface area contributed by atoms with Crippen molar-refractivity contribution in [2.24, 2.45) is 0 Å². The molecule has 3 atom stereocenters. The van der Waals surface area contributed by atoms with Crippen LogP contribution in [0.25, 0.3) is 0 Å². The molecule has 2 aromatic carbocycles. The molecule has 1 aliphatic carbocycles. The Morgan fingerprint density at radius 3 is 2.15 bits per heavy atom. The van der Waals surface area contributed by atoms with Crippen LogP contribution in [0.1, 0.15) is 17.0 Å². The smallest absolute Gasteiger partial charge is 0.119 e. The van der Waals surface area contributed by atoms with Gasteiger partial charge in [-0.15, -0.1) is 9.24 Å². The van der Waals surface area contributed by atoms with Gasteiger partial charge in [0.25, 0.3) is 0 Å². The Morgan fingerprint density at radius 1 is 0.900 bits per heavy atom. The lowest BCUT2D eigenvalue weighted by Crippen LogP contribution is -2.33. The van der Waals surface area contributed by atoms with Gasteiger partial charge in [-0.3, -0.25) is 0 Å². The molecular weight excluding hydrogens is 263 g/mol. The van der Waals surface area contributed by atoms with Gasteiger partial charge in [0.2, 0.25) is 0 Å². The summed E-state index contributed by atoms with van der Waals surface area (Å²) in [5, 5.41) is 12.4. The van der Waals surface area contributed by atoms with Crippen molar-refractivity contribution in [3.8, 4) is 0 Å². The van der Waals surface area contributed by atoms with Crippen LogP contribution in [0, 0.1) is 0 Å². The van der Waals surface area contributed by atoms with Crippen LogP contribution in [-0.4, -0.2) is 5.11 Å². The summed E-state index contributed by atoms with van der Waals surface area (Å²) in [6.45, 7) is 0.